The Morgan fingerprint density at radius 1 is 1.38 bits per heavy atom. The number of aliphatic hydroxyl groups is 1. The highest BCUT2D eigenvalue weighted by atomic mass is 19.4. The molecular weight excluding hydrogens is 330 g/mol. The minimum absolute atomic E-state index is 0.185. The first-order valence-corrected chi connectivity index (χ1v) is 7.05. The number of nitrogens with one attached hydrogen (secondary N) is 1. The SMILES string of the molecule is Cn1nc(C(F)(F)F)cc1C(=O)NC1Cc2cc(F)ccc2C1O. The first kappa shape index (κ1) is 16.4. The van der Waals surface area contributed by atoms with E-state index in [9.17, 15) is 27.5 Å². The third kappa shape index (κ3) is 2.86. The molecule has 0 aliphatic heterocycles. The number of alkyl halides is 3. The van der Waals surface area contributed by atoms with Crippen LogP contribution >= 0.6 is 0 Å². The number of aliphatic hydroxyl groups excluding tert-OH is 1. The molecule has 0 radical (unpaired) electrons. The summed E-state index contributed by atoms with van der Waals surface area (Å²) >= 11 is 0. The second-order valence-corrected chi connectivity index (χ2v) is 5.61. The van der Waals surface area contributed by atoms with Gasteiger partial charge in [0.25, 0.3) is 5.91 Å². The molecule has 5 nitrogen and oxygen atoms in total. The smallest absolute Gasteiger partial charge is 0.386 e. The van der Waals surface area contributed by atoms with Gasteiger partial charge < -0.3 is 10.4 Å². The predicted molar refractivity (Wildman–Crippen MR) is 74.5 cm³/mol. The number of benzene rings is 1. The number of amides is 1. The number of hydrogen-bond donors (Lipinski definition) is 2. The summed E-state index contributed by atoms with van der Waals surface area (Å²) in [7, 11) is 1.22. The third-order valence-electron chi connectivity index (χ3n) is 3.96. The van der Waals surface area contributed by atoms with E-state index in [1.165, 1.54) is 25.2 Å². The highest BCUT2D eigenvalue weighted by molar-refractivity contribution is 5.93. The lowest BCUT2D eigenvalue weighted by Crippen LogP contribution is -2.38. The molecular formula is C15H13F4N3O2. The van der Waals surface area contributed by atoms with Gasteiger partial charge in [0, 0.05) is 13.1 Å². The van der Waals surface area contributed by atoms with Gasteiger partial charge in [0.1, 0.15) is 11.5 Å². The van der Waals surface area contributed by atoms with E-state index in [2.05, 4.69) is 10.4 Å². The van der Waals surface area contributed by atoms with E-state index >= 15 is 0 Å². The average Bonchev–Trinajstić information content (AvgIpc) is 3.00. The molecule has 1 aliphatic rings. The Labute approximate surface area is 133 Å². The van der Waals surface area contributed by atoms with Crippen LogP contribution in [0.5, 0.6) is 0 Å². The summed E-state index contributed by atoms with van der Waals surface area (Å²) in [6, 6.07) is 3.77. The summed E-state index contributed by atoms with van der Waals surface area (Å²) in [4.78, 5) is 12.2. The summed E-state index contributed by atoms with van der Waals surface area (Å²) in [5.41, 5.74) is -0.416. The van der Waals surface area contributed by atoms with Crippen molar-refractivity contribution in [1.82, 2.24) is 15.1 Å². The maximum atomic E-state index is 13.2. The summed E-state index contributed by atoms with van der Waals surface area (Å²) in [5, 5.41) is 15.9. The van der Waals surface area contributed by atoms with Crippen molar-refractivity contribution in [3.8, 4) is 0 Å². The lowest BCUT2D eigenvalue weighted by atomic mass is 10.1. The number of carbonyl (C=O) groups is 1. The first-order chi connectivity index (χ1) is 11.2. The molecule has 9 heteroatoms. The van der Waals surface area contributed by atoms with Crippen LogP contribution in [0.4, 0.5) is 17.6 Å². The van der Waals surface area contributed by atoms with Crippen LogP contribution in [0.3, 0.4) is 0 Å². The van der Waals surface area contributed by atoms with Crippen LogP contribution in [0, 0.1) is 5.82 Å². The first-order valence-electron chi connectivity index (χ1n) is 7.05. The van der Waals surface area contributed by atoms with E-state index in [4.69, 9.17) is 0 Å². The summed E-state index contributed by atoms with van der Waals surface area (Å²) in [6.07, 6.45) is -5.53. The molecule has 24 heavy (non-hydrogen) atoms. The number of fused-ring (bicyclic) bond motifs is 1. The standard InChI is InChI=1S/C15H13F4N3O2/c1-22-11(6-12(21-22)15(17,18)19)14(24)20-10-5-7-4-8(16)2-3-9(7)13(10)23/h2-4,6,10,13,23H,5H2,1H3,(H,20,24). The molecule has 0 bridgehead atoms. The third-order valence-corrected chi connectivity index (χ3v) is 3.96. The Balaban J connectivity index is 1.78. The number of rotatable bonds is 2. The van der Waals surface area contributed by atoms with Crippen molar-refractivity contribution < 1.29 is 27.5 Å². The molecule has 128 valence electrons. The molecule has 0 saturated heterocycles. The molecule has 3 rings (SSSR count). The molecule has 1 amide bonds. The highest BCUT2D eigenvalue weighted by Crippen LogP contribution is 2.32. The summed E-state index contributed by atoms with van der Waals surface area (Å²) < 4.78 is 52.0. The molecule has 2 unspecified atom stereocenters. The van der Waals surface area contributed by atoms with E-state index in [-0.39, 0.29) is 12.1 Å². The predicted octanol–water partition coefficient (Wildman–Crippen LogP) is 1.97. The van der Waals surface area contributed by atoms with E-state index in [1.807, 2.05) is 0 Å². The minimum Gasteiger partial charge on any atom is -0.386 e. The normalized spacial score (nSPS) is 20.1. The molecule has 1 aromatic heterocycles. The number of hydrogen-bond acceptors (Lipinski definition) is 3. The maximum absolute atomic E-state index is 13.2. The van der Waals surface area contributed by atoms with E-state index in [0.29, 0.717) is 17.2 Å². The van der Waals surface area contributed by atoms with Crippen molar-refractivity contribution in [3.63, 3.8) is 0 Å². The van der Waals surface area contributed by atoms with Crippen LogP contribution < -0.4 is 5.32 Å². The summed E-state index contributed by atoms with van der Waals surface area (Å²) in [5.74, 6) is -1.26. The van der Waals surface area contributed by atoms with E-state index < -0.39 is 35.7 Å². The van der Waals surface area contributed by atoms with Crippen molar-refractivity contribution in [2.75, 3.05) is 0 Å². The van der Waals surface area contributed by atoms with Crippen molar-refractivity contribution in [1.29, 1.82) is 0 Å². The second kappa shape index (κ2) is 5.59. The Bertz CT molecular complexity index is 801. The monoisotopic (exact) mass is 343 g/mol. The molecule has 2 aromatic rings. The lowest BCUT2D eigenvalue weighted by molar-refractivity contribution is -0.141. The van der Waals surface area contributed by atoms with Gasteiger partial charge in [0.05, 0.1) is 12.1 Å². The Morgan fingerprint density at radius 2 is 2.08 bits per heavy atom. The number of carbonyl (C=O) groups excluding carboxylic acids is 1. The molecule has 1 aromatic carbocycles. The van der Waals surface area contributed by atoms with E-state index in [0.717, 1.165) is 4.68 Å². The maximum Gasteiger partial charge on any atom is 0.435 e. The average molecular weight is 343 g/mol. The number of aromatic nitrogens is 2. The van der Waals surface area contributed by atoms with Crippen molar-refractivity contribution in [2.45, 2.75) is 24.7 Å². The fraction of sp³-hybridized carbons (Fsp3) is 0.333. The Kier molecular flexibility index (Phi) is 3.83. The number of aryl methyl sites for hydroxylation is 1. The second-order valence-electron chi connectivity index (χ2n) is 5.61. The topological polar surface area (TPSA) is 67.2 Å². The number of nitrogens with zero attached hydrogens (tertiary/aromatic N) is 2. The van der Waals surface area contributed by atoms with Gasteiger partial charge in [-0.25, -0.2) is 4.39 Å². The van der Waals surface area contributed by atoms with Gasteiger partial charge in [-0.15, -0.1) is 0 Å². The molecule has 1 heterocycles. The van der Waals surface area contributed by atoms with Gasteiger partial charge >= 0.3 is 6.18 Å². The molecule has 0 saturated carbocycles. The zero-order chi connectivity index (χ0) is 17.6. The Hall–Kier alpha value is -2.42. The van der Waals surface area contributed by atoms with Crippen LogP contribution in [0.15, 0.2) is 24.3 Å². The molecule has 2 atom stereocenters. The van der Waals surface area contributed by atoms with Crippen LogP contribution in [0.2, 0.25) is 0 Å². The zero-order valence-electron chi connectivity index (χ0n) is 12.4. The number of halogens is 4. The van der Waals surface area contributed by atoms with Gasteiger partial charge in [0.2, 0.25) is 0 Å². The highest BCUT2D eigenvalue weighted by Gasteiger charge is 2.37. The van der Waals surface area contributed by atoms with Crippen molar-refractivity contribution in [2.24, 2.45) is 7.05 Å². The Morgan fingerprint density at radius 3 is 2.71 bits per heavy atom. The van der Waals surface area contributed by atoms with Crippen LogP contribution in [0.1, 0.15) is 33.4 Å². The fourth-order valence-electron chi connectivity index (χ4n) is 2.80. The minimum atomic E-state index is -4.66. The fourth-order valence-corrected chi connectivity index (χ4v) is 2.80. The van der Waals surface area contributed by atoms with Gasteiger partial charge in [0.15, 0.2) is 5.69 Å². The zero-order valence-corrected chi connectivity index (χ0v) is 12.4. The largest absolute Gasteiger partial charge is 0.435 e. The quantitative estimate of drug-likeness (QED) is 0.820. The van der Waals surface area contributed by atoms with E-state index in [1.54, 1.807) is 0 Å². The van der Waals surface area contributed by atoms with Gasteiger partial charge in [-0.1, -0.05) is 6.07 Å². The summed E-state index contributed by atoms with van der Waals surface area (Å²) in [6.45, 7) is 0. The molecule has 2 N–H and O–H groups in total. The van der Waals surface area contributed by atoms with Gasteiger partial charge in [-0.2, -0.15) is 18.3 Å². The van der Waals surface area contributed by atoms with Crippen molar-refractivity contribution >= 4 is 5.91 Å². The van der Waals surface area contributed by atoms with Gasteiger partial charge in [-0.3, -0.25) is 9.48 Å². The van der Waals surface area contributed by atoms with Crippen molar-refractivity contribution in [3.05, 3.63) is 52.6 Å². The molecule has 0 fully saturated rings. The molecule has 1 aliphatic carbocycles. The van der Waals surface area contributed by atoms with Crippen LogP contribution in [-0.2, 0) is 19.6 Å². The van der Waals surface area contributed by atoms with Gasteiger partial charge in [-0.05, 0) is 29.7 Å². The molecule has 0 spiro atoms. The van der Waals surface area contributed by atoms with Crippen LogP contribution in [0.25, 0.3) is 0 Å². The van der Waals surface area contributed by atoms with Crippen LogP contribution in [-0.4, -0.2) is 26.8 Å². The lowest BCUT2D eigenvalue weighted by Gasteiger charge is -2.16.